The molecule has 0 saturated heterocycles. The molecular formula is C19H23NO3. The van der Waals surface area contributed by atoms with Crippen LogP contribution >= 0.6 is 0 Å². The molecule has 1 N–H and O–H groups in total. The minimum atomic E-state index is -0.218. The fraction of sp³-hybridized carbons (Fsp3) is 0.316. The van der Waals surface area contributed by atoms with Crippen molar-refractivity contribution in [3.63, 3.8) is 0 Å². The molecule has 0 fully saturated rings. The van der Waals surface area contributed by atoms with Crippen molar-refractivity contribution in [1.29, 1.82) is 0 Å². The molecule has 2 rings (SSSR count). The van der Waals surface area contributed by atoms with E-state index in [9.17, 15) is 4.79 Å². The molecule has 0 aromatic heterocycles. The zero-order valence-electron chi connectivity index (χ0n) is 13.8. The van der Waals surface area contributed by atoms with E-state index in [4.69, 9.17) is 9.47 Å². The SMILES string of the molecule is CCOc1ccccc1NC(=O)COc1ccc(C(C)C)cc1. The Balaban J connectivity index is 1.90. The molecule has 4 nitrogen and oxygen atoms in total. The van der Waals surface area contributed by atoms with E-state index in [0.29, 0.717) is 29.7 Å². The Labute approximate surface area is 137 Å². The van der Waals surface area contributed by atoms with Gasteiger partial charge in [-0.25, -0.2) is 0 Å². The maximum absolute atomic E-state index is 12.0. The van der Waals surface area contributed by atoms with Crippen molar-refractivity contribution in [3.8, 4) is 11.5 Å². The topological polar surface area (TPSA) is 47.6 Å². The number of anilines is 1. The second-order valence-electron chi connectivity index (χ2n) is 5.49. The van der Waals surface area contributed by atoms with Crippen molar-refractivity contribution < 1.29 is 14.3 Å². The van der Waals surface area contributed by atoms with Gasteiger partial charge in [-0.05, 0) is 42.7 Å². The number of ether oxygens (including phenoxy) is 2. The Bertz CT molecular complexity index is 635. The molecule has 0 saturated carbocycles. The molecule has 0 spiro atoms. The summed E-state index contributed by atoms with van der Waals surface area (Å²) in [5, 5.41) is 2.81. The van der Waals surface area contributed by atoms with Crippen LogP contribution in [0.3, 0.4) is 0 Å². The summed E-state index contributed by atoms with van der Waals surface area (Å²) in [6.07, 6.45) is 0. The summed E-state index contributed by atoms with van der Waals surface area (Å²) in [5.41, 5.74) is 1.89. The second kappa shape index (κ2) is 8.22. The monoisotopic (exact) mass is 313 g/mol. The Morgan fingerprint density at radius 1 is 1.04 bits per heavy atom. The van der Waals surface area contributed by atoms with Crippen LogP contribution in [0, 0.1) is 0 Å². The van der Waals surface area contributed by atoms with Crippen molar-refractivity contribution in [1.82, 2.24) is 0 Å². The van der Waals surface area contributed by atoms with Gasteiger partial charge in [0.15, 0.2) is 6.61 Å². The third-order valence-corrected chi connectivity index (χ3v) is 3.38. The highest BCUT2D eigenvalue weighted by Crippen LogP contribution is 2.23. The second-order valence-corrected chi connectivity index (χ2v) is 5.49. The predicted molar refractivity (Wildman–Crippen MR) is 92.3 cm³/mol. The molecule has 0 aliphatic rings. The lowest BCUT2D eigenvalue weighted by molar-refractivity contribution is -0.118. The predicted octanol–water partition coefficient (Wildman–Crippen LogP) is 4.23. The summed E-state index contributed by atoms with van der Waals surface area (Å²) in [4.78, 5) is 12.0. The van der Waals surface area contributed by atoms with Crippen molar-refractivity contribution in [3.05, 3.63) is 54.1 Å². The fourth-order valence-electron chi connectivity index (χ4n) is 2.14. The first kappa shape index (κ1) is 16.9. The average molecular weight is 313 g/mol. The van der Waals surface area contributed by atoms with Crippen LogP contribution in [0.2, 0.25) is 0 Å². The van der Waals surface area contributed by atoms with Gasteiger partial charge < -0.3 is 14.8 Å². The summed E-state index contributed by atoms with van der Waals surface area (Å²) in [6.45, 7) is 6.69. The summed E-state index contributed by atoms with van der Waals surface area (Å²) >= 11 is 0. The van der Waals surface area contributed by atoms with Gasteiger partial charge >= 0.3 is 0 Å². The molecule has 0 bridgehead atoms. The van der Waals surface area contributed by atoms with E-state index in [0.717, 1.165) is 0 Å². The van der Waals surface area contributed by atoms with Gasteiger partial charge in [0, 0.05) is 0 Å². The van der Waals surface area contributed by atoms with E-state index in [-0.39, 0.29) is 12.5 Å². The number of hydrogen-bond acceptors (Lipinski definition) is 3. The van der Waals surface area contributed by atoms with Crippen molar-refractivity contribution in [2.75, 3.05) is 18.5 Å². The van der Waals surface area contributed by atoms with Crippen LogP contribution in [0.25, 0.3) is 0 Å². The minimum absolute atomic E-state index is 0.0402. The lowest BCUT2D eigenvalue weighted by Crippen LogP contribution is -2.20. The summed E-state index contributed by atoms with van der Waals surface area (Å²) < 4.78 is 11.0. The largest absolute Gasteiger partial charge is 0.492 e. The number of hydrogen-bond donors (Lipinski definition) is 1. The van der Waals surface area contributed by atoms with Crippen LogP contribution in [0.15, 0.2) is 48.5 Å². The van der Waals surface area contributed by atoms with Crippen molar-refractivity contribution in [2.45, 2.75) is 26.7 Å². The molecule has 23 heavy (non-hydrogen) atoms. The third-order valence-electron chi connectivity index (χ3n) is 3.38. The molecule has 4 heteroatoms. The van der Waals surface area contributed by atoms with E-state index in [1.807, 2.05) is 49.4 Å². The van der Waals surface area contributed by atoms with Crippen LogP contribution in [-0.2, 0) is 4.79 Å². The molecule has 1 amide bonds. The molecule has 2 aromatic carbocycles. The van der Waals surface area contributed by atoms with Gasteiger partial charge in [-0.15, -0.1) is 0 Å². The highest BCUT2D eigenvalue weighted by molar-refractivity contribution is 5.93. The quantitative estimate of drug-likeness (QED) is 0.832. The Kier molecular flexibility index (Phi) is 6.03. The van der Waals surface area contributed by atoms with E-state index in [1.54, 1.807) is 6.07 Å². The van der Waals surface area contributed by atoms with E-state index >= 15 is 0 Å². The molecular weight excluding hydrogens is 290 g/mol. The smallest absolute Gasteiger partial charge is 0.262 e. The van der Waals surface area contributed by atoms with Gasteiger partial charge in [0.25, 0.3) is 5.91 Å². The maximum atomic E-state index is 12.0. The van der Waals surface area contributed by atoms with Gasteiger partial charge in [-0.3, -0.25) is 4.79 Å². The molecule has 122 valence electrons. The number of carbonyl (C=O) groups excluding carboxylic acids is 1. The highest BCUT2D eigenvalue weighted by atomic mass is 16.5. The first-order chi connectivity index (χ1) is 11.1. The van der Waals surface area contributed by atoms with Gasteiger partial charge in [-0.1, -0.05) is 38.1 Å². The molecule has 0 aliphatic heterocycles. The van der Waals surface area contributed by atoms with E-state index < -0.39 is 0 Å². The number of nitrogens with one attached hydrogen (secondary N) is 1. The Morgan fingerprint density at radius 2 is 1.74 bits per heavy atom. The number of benzene rings is 2. The zero-order valence-corrected chi connectivity index (χ0v) is 13.8. The Hall–Kier alpha value is -2.49. The zero-order chi connectivity index (χ0) is 16.7. The molecule has 2 aromatic rings. The van der Waals surface area contributed by atoms with Crippen molar-refractivity contribution in [2.24, 2.45) is 0 Å². The van der Waals surface area contributed by atoms with Crippen LogP contribution in [0.1, 0.15) is 32.3 Å². The number of rotatable bonds is 7. The van der Waals surface area contributed by atoms with Crippen molar-refractivity contribution >= 4 is 11.6 Å². The third kappa shape index (κ3) is 5.02. The average Bonchev–Trinajstić information content (AvgIpc) is 2.55. The normalized spacial score (nSPS) is 10.4. The van der Waals surface area contributed by atoms with Crippen LogP contribution in [-0.4, -0.2) is 19.1 Å². The minimum Gasteiger partial charge on any atom is -0.492 e. The highest BCUT2D eigenvalue weighted by Gasteiger charge is 2.08. The summed E-state index contributed by atoms with van der Waals surface area (Å²) in [6, 6.07) is 15.2. The van der Waals surface area contributed by atoms with Gasteiger partial charge in [0.2, 0.25) is 0 Å². The maximum Gasteiger partial charge on any atom is 0.262 e. The number of carbonyl (C=O) groups is 1. The van der Waals surface area contributed by atoms with Gasteiger partial charge in [0.1, 0.15) is 11.5 Å². The van der Waals surface area contributed by atoms with Crippen LogP contribution in [0.4, 0.5) is 5.69 Å². The summed E-state index contributed by atoms with van der Waals surface area (Å²) in [5.74, 6) is 1.60. The molecule has 0 unspecified atom stereocenters. The standard InChI is InChI=1S/C19H23NO3/c1-4-22-18-8-6-5-7-17(18)20-19(21)13-23-16-11-9-15(10-12-16)14(2)3/h5-12,14H,4,13H2,1-3H3,(H,20,21). The Morgan fingerprint density at radius 3 is 2.39 bits per heavy atom. The molecule has 0 aliphatic carbocycles. The molecule has 0 atom stereocenters. The number of amides is 1. The van der Waals surface area contributed by atoms with E-state index in [2.05, 4.69) is 19.2 Å². The first-order valence-electron chi connectivity index (χ1n) is 7.84. The first-order valence-corrected chi connectivity index (χ1v) is 7.84. The summed E-state index contributed by atoms with van der Waals surface area (Å²) in [7, 11) is 0. The number of para-hydroxylation sites is 2. The van der Waals surface area contributed by atoms with Gasteiger partial charge in [-0.2, -0.15) is 0 Å². The van der Waals surface area contributed by atoms with Crippen LogP contribution < -0.4 is 14.8 Å². The lowest BCUT2D eigenvalue weighted by Gasteiger charge is -2.12. The van der Waals surface area contributed by atoms with Gasteiger partial charge in [0.05, 0.1) is 12.3 Å². The van der Waals surface area contributed by atoms with E-state index in [1.165, 1.54) is 5.56 Å². The molecule has 0 radical (unpaired) electrons. The fourth-order valence-corrected chi connectivity index (χ4v) is 2.14. The van der Waals surface area contributed by atoms with Crippen LogP contribution in [0.5, 0.6) is 11.5 Å². The molecule has 0 heterocycles. The lowest BCUT2D eigenvalue weighted by atomic mass is 10.0.